The molecule has 1 aliphatic rings. The van der Waals surface area contributed by atoms with Crippen molar-refractivity contribution in [2.45, 2.75) is 19.1 Å². The van der Waals surface area contributed by atoms with Crippen LogP contribution in [0.15, 0.2) is 35.1 Å². The van der Waals surface area contributed by atoms with Gasteiger partial charge < -0.3 is 4.90 Å². The summed E-state index contributed by atoms with van der Waals surface area (Å²) in [5.74, 6) is -0.213. The number of rotatable bonds is 3. The van der Waals surface area contributed by atoms with E-state index in [1.807, 2.05) is 12.1 Å². The minimum absolute atomic E-state index is 0.137. The normalized spacial score (nSPS) is 16.5. The molecule has 0 unspecified atom stereocenters. The van der Waals surface area contributed by atoms with Crippen LogP contribution in [0.3, 0.4) is 0 Å². The second-order valence-electron chi connectivity index (χ2n) is 6.27. The number of hydrogen-bond donors (Lipinski definition) is 0. The van der Waals surface area contributed by atoms with Crippen LogP contribution < -0.4 is 4.74 Å². The van der Waals surface area contributed by atoms with Gasteiger partial charge in [-0.15, -0.1) is 0 Å². The van der Waals surface area contributed by atoms with Crippen molar-refractivity contribution in [3.8, 4) is 0 Å². The van der Waals surface area contributed by atoms with Gasteiger partial charge >= 0.3 is 0 Å². The lowest BCUT2D eigenvalue weighted by molar-refractivity contribution is 0.0702. The molecule has 25 heavy (non-hydrogen) atoms. The van der Waals surface area contributed by atoms with Gasteiger partial charge in [0.15, 0.2) is 0 Å². The lowest BCUT2D eigenvalue weighted by atomic mass is 10.2. The minimum Gasteiger partial charge on any atom is -0.335 e. The van der Waals surface area contributed by atoms with Crippen LogP contribution in [0.2, 0.25) is 0 Å². The van der Waals surface area contributed by atoms with Crippen molar-refractivity contribution in [2.75, 3.05) is 26.2 Å². The fraction of sp³-hybridized carbons (Fsp3) is 0.412. The van der Waals surface area contributed by atoms with Gasteiger partial charge in [-0.25, -0.2) is 8.42 Å². The average Bonchev–Trinajstić information content (AvgIpc) is 2.61. The van der Waals surface area contributed by atoms with E-state index in [4.69, 9.17) is 0 Å². The summed E-state index contributed by atoms with van der Waals surface area (Å²) in [6.07, 6.45) is 0. The molecule has 1 amide bonds. The van der Waals surface area contributed by atoms with Crippen LogP contribution in [-0.4, -0.2) is 55.0 Å². The predicted molar refractivity (Wildman–Crippen MR) is 99.6 cm³/mol. The quantitative estimate of drug-likeness (QED) is 0.813. The van der Waals surface area contributed by atoms with E-state index < -0.39 is 15.3 Å². The Morgan fingerprint density at radius 2 is 1.76 bits per heavy atom. The monoisotopic (exact) mass is 380 g/mol. The molecule has 3 rings (SSSR count). The van der Waals surface area contributed by atoms with Gasteiger partial charge in [0.05, 0.1) is 10.1 Å². The zero-order valence-electron chi connectivity index (χ0n) is 14.1. The molecule has 1 aliphatic heterocycles. The number of benzene rings is 1. The van der Waals surface area contributed by atoms with E-state index in [1.165, 1.54) is 4.31 Å². The molecule has 1 saturated heterocycles. The number of piperazine rings is 1. The molecule has 2 heterocycles. The lowest BCUT2D eigenvalue weighted by Gasteiger charge is -2.34. The fourth-order valence-electron chi connectivity index (χ4n) is 2.84. The Morgan fingerprint density at radius 3 is 2.40 bits per heavy atom. The SMILES string of the molecule is CC(C)S(=O)(=O)N1CCN(C(=O)c2cc3ccccc3c(=O)s2)CC1. The molecule has 1 aromatic carbocycles. The first-order valence-electron chi connectivity index (χ1n) is 8.12. The predicted octanol–water partition coefficient (Wildman–Crippen LogP) is 1.76. The first-order chi connectivity index (χ1) is 11.8. The molecule has 0 saturated carbocycles. The van der Waals surface area contributed by atoms with Gasteiger partial charge in [0.1, 0.15) is 0 Å². The van der Waals surface area contributed by atoms with E-state index in [9.17, 15) is 18.0 Å². The van der Waals surface area contributed by atoms with Gasteiger partial charge in [-0.2, -0.15) is 4.31 Å². The third-order valence-corrected chi connectivity index (χ3v) is 7.56. The van der Waals surface area contributed by atoms with Gasteiger partial charge in [0.2, 0.25) is 14.8 Å². The van der Waals surface area contributed by atoms with Crippen LogP contribution in [0.4, 0.5) is 0 Å². The van der Waals surface area contributed by atoms with Crippen LogP contribution >= 0.6 is 11.3 Å². The maximum absolute atomic E-state index is 12.7. The molecule has 8 heteroatoms. The first-order valence-corrected chi connectivity index (χ1v) is 10.4. The summed E-state index contributed by atoms with van der Waals surface area (Å²) in [6.45, 7) is 4.54. The second kappa shape index (κ2) is 6.86. The van der Waals surface area contributed by atoms with E-state index in [0.29, 0.717) is 23.4 Å². The highest BCUT2D eigenvalue weighted by Gasteiger charge is 2.31. The Morgan fingerprint density at radius 1 is 1.12 bits per heavy atom. The van der Waals surface area contributed by atoms with Crippen molar-refractivity contribution in [1.29, 1.82) is 0 Å². The zero-order valence-corrected chi connectivity index (χ0v) is 15.8. The summed E-state index contributed by atoms with van der Waals surface area (Å²) in [5, 5.41) is 0.882. The minimum atomic E-state index is -3.30. The molecule has 0 spiro atoms. The van der Waals surface area contributed by atoms with Crippen LogP contribution in [0.25, 0.3) is 10.8 Å². The summed E-state index contributed by atoms with van der Waals surface area (Å²) in [7, 11) is -3.30. The molecule has 0 atom stereocenters. The van der Waals surface area contributed by atoms with Gasteiger partial charge in [-0.3, -0.25) is 9.59 Å². The van der Waals surface area contributed by atoms with Crippen LogP contribution in [-0.2, 0) is 10.0 Å². The Kier molecular flexibility index (Phi) is 4.95. The molecular weight excluding hydrogens is 360 g/mol. The van der Waals surface area contributed by atoms with Crippen molar-refractivity contribution in [3.63, 3.8) is 0 Å². The van der Waals surface area contributed by atoms with Gasteiger partial charge in [0.25, 0.3) is 5.91 Å². The highest BCUT2D eigenvalue weighted by molar-refractivity contribution is 7.89. The average molecular weight is 380 g/mol. The number of nitrogens with zero attached hydrogens (tertiary/aromatic N) is 2. The second-order valence-corrected chi connectivity index (χ2v) is 9.77. The molecule has 0 bridgehead atoms. The number of hydrogen-bond acceptors (Lipinski definition) is 5. The van der Waals surface area contributed by atoms with Crippen LogP contribution in [0.1, 0.15) is 23.5 Å². The third kappa shape index (κ3) is 3.47. The van der Waals surface area contributed by atoms with Crippen LogP contribution in [0, 0.1) is 0 Å². The summed E-state index contributed by atoms with van der Waals surface area (Å²) < 4.78 is 25.7. The fourth-order valence-corrected chi connectivity index (χ4v) is 5.01. The number of sulfonamides is 1. The molecule has 0 radical (unpaired) electrons. The third-order valence-electron chi connectivity index (χ3n) is 4.36. The van der Waals surface area contributed by atoms with Crippen molar-refractivity contribution in [1.82, 2.24) is 9.21 Å². The lowest BCUT2D eigenvalue weighted by Crippen LogP contribution is -2.51. The van der Waals surface area contributed by atoms with Crippen LogP contribution in [0.5, 0.6) is 0 Å². The van der Waals surface area contributed by atoms with Crippen molar-refractivity contribution < 1.29 is 13.2 Å². The Hall–Kier alpha value is -1.77. The van der Waals surface area contributed by atoms with Crippen molar-refractivity contribution in [2.24, 2.45) is 0 Å². The molecule has 2 aromatic rings. The van der Waals surface area contributed by atoms with Crippen molar-refractivity contribution in [3.05, 3.63) is 44.7 Å². The highest BCUT2D eigenvalue weighted by Crippen LogP contribution is 2.19. The number of carbonyl (C=O) groups excluding carboxylic acids is 1. The maximum Gasteiger partial charge on any atom is 0.264 e. The van der Waals surface area contributed by atoms with E-state index in [0.717, 1.165) is 16.7 Å². The molecule has 1 fully saturated rings. The first kappa shape index (κ1) is 18.0. The standard InChI is InChI=1S/C17H20N2O4S2/c1-12(2)25(22,23)19-9-7-18(8-10-19)16(20)15-11-13-5-3-4-6-14(13)17(21)24-15/h3-6,11-12H,7-10H2,1-2H3. The van der Waals surface area contributed by atoms with Gasteiger partial charge in [0, 0.05) is 31.6 Å². The number of carbonyl (C=O) groups is 1. The van der Waals surface area contributed by atoms with Gasteiger partial charge in [-0.05, 0) is 31.4 Å². The maximum atomic E-state index is 12.7. The summed E-state index contributed by atoms with van der Waals surface area (Å²) in [4.78, 5) is 26.9. The van der Waals surface area contributed by atoms with Gasteiger partial charge in [-0.1, -0.05) is 29.5 Å². The number of fused-ring (bicyclic) bond motifs is 1. The van der Waals surface area contributed by atoms with E-state index in [-0.39, 0.29) is 23.7 Å². The summed E-state index contributed by atoms with van der Waals surface area (Å²) in [6, 6.07) is 8.93. The zero-order chi connectivity index (χ0) is 18.2. The van der Waals surface area contributed by atoms with E-state index in [2.05, 4.69) is 0 Å². The molecule has 6 nitrogen and oxygen atoms in total. The molecule has 134 valence electrons. The Balaban J connectivity index is 1.79. The smallest absolute Gasteiger partial charge is 0.264 e. The topological polar surface area (TPSA) is 74.8 Å². The molecule has 1 aromatic heterocycles. The van der Waals surface area contributed by atoms with Crippen molar-refractivity contribution >= 4 is 38.0 Å². The number of amides is 1. The largest absolute Gasteiger partial charge is 0.335 e. The Bertz CT molecular complexity index is 958. The molecule has 0 N–H and O–H groups in total. The molecule has 0 aliphatic carbocycles. The van der Waals surface area contributed by atoms with E-state index >= 15 is 0 Å². The summed E-state index contributed by atoms with van der Waals surface area (Å²) >= 11 is 0.941. The molecular formula is C17H20N2O4S2. The summed E-state index contributed by atoms with van der Waals surface area (Å²) in [5.41, 5.74) is 0. The Labute approximate surface area is 150 Å². The van der Waals surface area contributed by atoms with E-state index in [1.54, 1.807) is 36.9 Å². The highest BCUT2D eigenvalue weighted by atomic mass is 32.2.